The molecule has 1 N–H and O–H groups in total. The van der Waals surface area contributed by atoms with Crippen molar-refractivity contribution in [3.8, 4) is 16.9 Å². The quantitative estimate of drug-likeness (QED) is 0.536. The summed E-state index contributed by atoms with van der Waals surface area (Å²) in [5.41, 5.74) is -2.48. The number of hydrogen-bond donors (Lipinski definition) is 1. The predicted octanol–water partition coefficient (Wildman–Crippen LogP) is 5.95. The van der Waals surface area contributed by atoms with E-state index in [4.69, 9.17) is 0 Å². The van der Waals surface area contributed by atoms with Gasteiger partial charge in [0.2, 0.25) is 0 Å². The van der Waals surface area contributed by atoms with Crippen LogP contribution in [0.15, 0.2) is 42.6 Å². The van der Waals surface area contributed by atoms with Crippen molar-refractivity contribution >= 4 is 10.9 Å². The molecule has 136 valence electrons. The molecule has 0 fully saturated rings. The number of aryl methyl sites for hydroxylation is 1. The topological polar surface area (TPSA) is 33.1 Å². The maximum atomic E-state index is 13.5. The molecule has 0 radical (unpaired) electrons. The molecule has 0 spiro atoms. The lowest BCUT2D eigenvalue weighted by atomic mass is 9.94. The zero-order chi connectivity index (χ0) is 19.3. The minimum Gasteiger partial charge on any atom is -0.508 e. The molecule has 3 aromatic rings. The van der Waals surface area contributed by atoms with Crippen LogP contribution in [-0.2, 0) is 12.4 Å². The summed E-state index contributed by atoms with van der Waals surface area (Å²) in [4.78, 5) is 3.69. The molecule has 1 heterocycles. The lowest BCUT2D eigenvalue weighted by molar-refractivity contribution is -0.142. The average Bonchev–Trinajstić information content (AvgIpc) is 2.54. The maximum Gasteiger partial charge on any atom is 0.417 e. The van der Waals surface area contributed by atoms with Gasteiger partial charge in [-0.2, -0.15) is 26.3 Å². The van der Waals surface area contributed by atoms with Crippen LogP contribution in [0.5, 0.6) is 5.75 Å². The minimum absolute atomic E-state index is 0.0337. The van der Waals surface area contributed by atoms with Crippen LogP contribution in [0, 0.1) is 6.92 Å². The van der Waals surface area contributed by atoms with Crippen molar-refractivity contribution in [2.75, 3.05) is 0 Å². The summed E-state index contributed by atoms with van der Waals surface area (Å²) < 4.78 is 79.4. The fourth-order valence-electron chi connectivity index (χ4n) is 2.69. The number of hydrogen-bond acceptors (Lipinski definition) is 2. The van der Waals surface area contributed by atoms with Crippen molar-refractivity contribution in [3.63, 3.8) is 0 Å². The first-order valence-electron chi connectivity index (χ1n) is 7.35. The molecule has 0 saturated carbocycles. The van der Waals surface area contributed by atoms with Gasteiger partial charge in [-0.25, -0.2) is 0 Å². The van der Waals surface area contributed by atoms with Gasteiger partial charge in [-0.05, 0) is 47.9 Å². The summed E-state index contributed by atoms with van der Waals surface area (Å²) in [5.74, 6) is -0.132. The molecule has 0 unspecified atom stereocenters. The number of phenols is 1. The molecule has 26 heavy (non-hydrogen) atoms. The van der Waals surface area contributed by atoms with E-state index in [0.717, 1.165) is 6.20 Å². The minimum atomic E-state index is -5.01. The van der Waals surface area contributed by atoms with Crippen LogP contribution < -0.4 is 0 Å². The molecule has 0 amide bonds. The van der Waals surface area contributed by atoms with Crippen molar-refractivity contribution in [1.29, 1.82) is 0 Å². The molecular formula is C18H11F6NO. The monoisotopic (exact) mass is 371 g/mol. The molecule has 0 aliphatic heterocycles. The van der Waals surface area contributed by atoms with Crippen LogP contribution in [-0.4, -0.2) is 10.1 Å². The van der Waals surface area contributed by atoms with Crippen molar-refractivity contribution in [1.82, 2.24) is 4.98 Å². The van der Waals surface area contributed by atoms with Crippen molar-refractivity contribution in [2.24, 2.45) is 0 Å². The lowest BCUT2D eigenvalue weighted by Crippen LogP contribution is -2.12. The third-order valence-electron chi connectivity index (χ3n) is 3.99. The second-order valence-corrected chi connectivity index (χ2v) is 5.77. The first-order chi connectivity index (χ1) is 12.0. The zero-order valence-corrected chi connectivity index (χ0v) is 13.2. The summed E-state index contributed by atoms with van der Waals surface area (Å²) in [6.07, 6.45) is -8.81. The number of aromatic nitrogens is 1. The summed E-state index contributed by atoms with van der Waals surface area (Å²) >= 11 is 0. The van der Waals surface area contributed by atoms with E-state index in [1.54, 1.807) is 6.92 Å². The van der Waals surface area contributed by atoms with E-state index >= 15 is 0 Å². The molecule has 0 atom stereocenters. The number of benzene rings is 2. The standard InChI is InChI=1S/C18H11F6NO/c1-9-2-3-10(6-15(9)26)12-4-5-25-14-8-11(17(19,20)21)7-13(16(12)14)18(22,23)24/h2-8,26H,1H3. The van der Waals surface area contributed by atoms with E-state index < -0.39 is 34.4 Å². The number of aromatic hydroxyl groups is 1. The Balaban J connectivity index is 2.41. The summed E-state index contributed by atoms with van der Waals surface area (Å²) in [6, 6.07) is 6.20. The van der Waals surface area contributed by atoms with Crippen LogP contribution in [0.25, 0.3) is 22.0 Å². The summed E-state index contributed by atoms with van der Waals surface area (Å²) in [6.45, 7) is 1.61. The first kappa shape index (κ1) is 18.0. The highest BCUT2D eigenvalue weighted by Gasteiger charge is 2.39. The Hall–Kier alpha value is -2.77. The van der Waals surface area contributed by atoms with Crippen molar-refractivity contribution in [2.45, 2.75) is 19.3 Å². The van der Waals surface area contributed by atoms with Crippen LogP contribution >= 0.6 is 0 Å². The number of nitrogens with zero attached hydrogens (tertiary/aromatic N) is 1. The Morgan fingerprint density at radius 1 is 0.885 bits per heavy atom. The van der Waals surface area contributed by atoms with Crippen molar-refractivity contribution in [3.05, 3.63) is 59.3 Å². The molecule has 0 saturated heterocycles. The van der Waals surface area contributed by atoms with Gasteiger partial charge in [0.25, 0.3) is 0 Å². The number of fused-ring (bicyclic) bond motifs is 1. The highest BCUT2D eigenvalue weighted by atomic mass is 19.4. The number of alkyl halides is 6. The van der Waals surface area contributed by atoms with Gasteiger partial charge in [-0.15, -0.1) is 0 Å². The van der Waals surface area contributed by atoms with Crippen molar-refractivity contribution < 1.29 is 31.4 Å². The number of pyridine rings is 1. The molecular weight excluding hydrogens is 360 g/mol. The molecule has 0 aliphatic carbocycles. The zero-order valence-electron chi connectivity index (χ0n) is 13.2. The van der Waals surface area contributed by atoms with Gasteiger partial charge in [0.15, 0.2) is 0 Å². The Morgan fingerprint density at radius 2 is 1.58 bits per heavy atom. The third-order valence-corrected chi connectivity index (χ3v) is 3.99. The van der Waals surface area contributed by atoms with Gasteiger partial charge in [-0.1, -0.05) is 12.1 Å². The normalized spacial score (nSPS) is 12.6. The van der Waals surface area contributed by atoms with Gasteiger partial charge in [0.05, 0.1) is 16.6 Å². The van der Waals surface area contributed by atoms with Crippen LogP contribution in [0.3, 0.4) is 0 Å². The largest absolute Gasteiger partial charge is 0.508 e. The van der Waals surface area contributed by atoms with Gasteiger partial charge >= 0.3 is 12.4 Å². The molecule has 8 heteroatoms. The Bertz CT molecular complexity index is 991. The van der Waals surface area contributed by atoms with E-state index in [0.29, 0.717) is 11.6 Å². The van der Waals surface area contributed by atoms with Crippen LogP contribution in [0.2, 0.25) is 0 Å². The van der Waals surface area contributed by atoms with Gasteiger partial charge in [0, 0.05) is 11.6 Å². The first-order valence-corrected chi connectivity index (χ1v) is 7.35. The van der Waals surface area contributed by atoms with Crippen LogP contribution in [0.1, 0.15) is 16.7 Å². The third kappa shape index (κ3) is 3.18. The Kier molecular flexibility index (Phi) is 4.09. The summed E-state index contributed by atoms with van der Waals surface area (Å²) in [7, 11) is 0. The van der Waals surface area contributed by atoms with E-state index in [1.807, 2.05) is 0 Å². The van der Waals surface area contributed by atoms with Gasteiger partial charge in [-0.3, -0.25) is 4.98 Å². The molecule has 2 aromatic carbocycles. The number of phenolic OH excluding ortho intramolecular Hbond substituents is 1. The van der Waals surface area contributed by atoms with E-state index in [9.17, 15) is 31.4 Å². The highest BCUT2D eigenvalue weighted by molar-refractivity contribution is 5.97. The Labute approximate surface area is 143 Å². The molecule has 0 bridgehead atoms. The molecule has 2 nitrogen and oxygen atoms in total. The van der Waals surface area contributed by atoms with Crippen LogP contribution in [0.4, 0.5) is 26.3 Å². The second-order valence-electron chi connectivity index (χ2n) is 5.77. The smallest absolute Gasteiger partial charge is 0.417 e. The Morgan fingerprint density at radius 3 is 2.15 bits per heavy atom. The van der Waals surface area contributed by atoms with Gasteiger partial charge in [0.1, 0.15) is 5.75 Å². The van der Waals surface area contributed by atoms with E-state index in [-0.39, 0.29) is 22.9 Å². The van der Waals surface area contributed by atoms with Gasteiger partial charge < -0.3 is 5.11 Å². The average molecular weight is 371 g/mol. The fourth-order valence-corrected chi connectivity index (χ4v) is 2.69. The fraction of sp³-hybridized carbons (Fsp3) is 0.167. The maximum absolute atomic E-state index is 13.5. The summed E-state index contributed by atoms with van der Waals surface area (Å²) in [5, 5.41) is 9.38. The number of rotatable bonds is 1. The van der Waals surface area contributed by atoms with E-state index in [2.05, 4.69) is 4.98 Å². The van der Waals surface area contributed by atoms with E-state index in [1.165, 1.54) is 24.3 Å². The predicted molar refractivity (Wildman–Crippen MR) is 83.6 cm³/mol. The second kappa shape index (κ2) is 5.89. The SMILES string of the molecule is Cc1ccc(-c2ccnc3cc(C(F)(F)F)cc(C(F)(F)F)c23)cc1O. The molecule has 1 aromatic heterocycles. The lowest BCUT2D eigenvalue weighted by Gasteiger charge is -2.17. The molecule has 3 rings (SSSR count). The molecule has 0 aliphatic rings. The highest BCUT2D eigenvalue weighted by Crippen LogP contribution is 2.43. The number of halogens is 6.